The molecule has 4 atom stereocenters. The zero-order valence-corrected chi connectivity index (χ0v) is 11.5. The van der Waals surface area contributed by atoms with Crippen LogP contribution in [-0.2, 0) is 6.54 Å². The molecular weight excluding hydrogens is 250 g/mol. The molecule has 4 heteroatoms. The van der Waals surface area contributed by atoms with Crippen LogP contribution in [-0.4, -0.2) is 17.1 Å². The first-order valence-electron chi connectivity index (χ1n) is 7.59. The van der Waals surface area contributed by atoms with Crippen molar-refractivity contribution in [3.8, 4) is 0 Å². The number of hydrogen-bond acceptors (Lipinski definition) is 3. The number of amidine groups is 1. The maximum atomic E-state index is 8.85. The van der Waals surface area contributed by atoms with Crippen LogP contribution in [0.1, 0.15) is 30.4 Å². The highest BCUT2D eigenvalue weighted by atomic mass is 16.4. The van der Waals surface area contributed by atoms with Crippen molar-refractivity contribution in [1.82, 2.24) is 5.32 Å². The van der Waals surface area contributed by atoms with Gasteiger partial charge in [0.25, 0.3) is 0 Å². The third-order valence-electron chi connectivity index (χ3n) is 5.66. The molecule has 4 rings (SSSR count). The molecular formula is C16H21N3O. The van der Waals surface area contributed by atoms with Gasteiger partial charge in [-0.2, -0.15) is 0 Å². The minimum atomic E-state index is 0.193. The predicted octanol–water partition coefficient (Wildman–Crippen LogP) is 1.92. The Bertz CT molecular complexity index is 540. The minimum absolute atomic E-state index is 0.193. The lowest BCUT2D eigenvalue weighted by molar-refractivity contribution is 0.318. The van der Waals surface area contributed by atoms with Gasteiger partial charge in [-0.1, -0.05) is 29.4 Å². The van der Waals surface area contributed by atoms with Gasteiger partial charge in [-0.15, -0.1) is 0 Å². The van der Waals surface area contributed by atoms with Crippen molar-refractivity contribution < 1.29 is 5.21 Å². The van der Waals surface area contributed by atoms with Crippen molar-refractivity contribution in [2.45, 2.75) is 31.8 Å². The highest BCUT2D eigenvalue weighted by Crippen LogP contribution is 2.65. The summed E-state index contributed by atoms with van der Waals surface area (Å²) in [6, 6.07) is 8.59. The number of oxime groups is 1. The van der Waals surface area contributed by atoms with E-state index in [2.05, 4.69) is 10.5 Å². The zero-order chi connectivity index (χ0) is 13.7. The lowest BCUT2D eigenvalue weighted by atomic mass is 10.0. The average Bonchev–Trinajstić information content (AvgIpc) is 2.87. The number of hydrogen-bond donors (Lipinski definition) is 3. The fourth-order valence-corrected chi connectivity index (χ4v) is 4.80. The Morgan fingerprint density at radius 1 is 1.25 bits per heavy atom. The summed E-state index contributed by atoms with van der Waals surface area (Å²) in [6.07, 6.45) is 4.38. The third kappa shape index (κ3) is 1.74. The first kappa shape index (κ1) is 12.2. The Hall–Kier alpha value is -1.55. The van der Waals surface area contributed by atoms with E-state index in [9.17, 15) is 0 Å². The van der Waals surface area contributed by atoms with Gasteiger partial charge in [0.2, 0.25) is 0 Å². The second-order valence-electron chi connectivity index (χ2n) is 6.54. The molecule has 4 unspecified atom stereocenters. The summed E-state index contributed by atoms with van der Waals surface area (Å²) in [5, 5.41) is 15.7. The molecule has 1 aromatic rings. The van der Waals surface area contributed by atoms with Crippen LogP contribution in [0, 0.1) is 23.7 Å². The molecule has 0 radical (unpaired) electrons. The molecule has 0 aliphatic heterocycles. The van der Waals surface area contributed by atoms with E-state index in [-0.39, 0.29) is 5.84 Å². The van der Waals surface area contributed by atoms with Crippen LogP contribution < -0.4 is 11.1 Å². The molecule has 106 valence electrons. The van der Waals surface area contributed by atoms with Gasteiger partial charge in [0.05, 0.1) is 0 Å². The molecule has 0 spiro atoms. The van der Waals surface area contributed by atoms with Gasteiger partial charge in [0.1, 0.15) is 0 Å². The van der Waals surface area contributed by atoms with E-state index in [1.807, 2.05) is 24.3 Å². The van der Waals surface area contributed by atoms with E-state index in [1.165, 1.54) is 19.3 Å². The second-order valence-corrected chi connectivity index (χ2v) is 6.54. The van der Waals surface area contributed by atoms with Gasteiger partial charge >= 0.3 is 0 Å². The topological polar surface area (TPSA) is 70.6 Å². The highest BCUT2D eigenvalue weighted by Gasteiger charge is 2.64. The smallest absolute Gasteiger partial charge is 0.170 e. The maximum absolute atomic E-state index is 8.85. The van der Waals surface area contributed by atoms with Crippen molar-refractivity contribution in [1.29, 1.82) is 0 Å². The van der Waals surface area contributed by atoms with Gasteiger partial charge < -0.3 is 16.3 Å². The molecule has 3 fully saturated rings. The molecule has 20 heavy (non-hydrogen) atoms. The maximum Gasteiger partial charge on any atom is 0.170 e. The molecule has 4 nitrogen and oxygen atoms in total. The Labute approximate surface area is 119 Å². The number of nitrogens with zero attached hydrogens (tertiary/aromatic N) is 1. The number of fused-ring (bicyclic) bond motifs is 5. The molecule has 3 saturated carbocycles. The molecule has 2 bridgehead atoms. The fourth-order valence-electron chi connectivity index (χ4n) is 4.80. The molecule has 4 N–H and O–H groups in total. The van der Waals surface area contributed by atoms with Gasteiger partial charge in [-0.3, -0.25) is 0 Å². The number of nitrogens with one attached hydrogen (secondary N) is 1. The number of benzene rings is 1. The minimum Gasteiger partial charge on any atom is -0.409 e. The molecule has 0 saturated heterocycles. The van der Waals surface area contributed by atoms with Gasteiger partial charge in [0, 0.05) is 18.2 Å². The van der Waals surface area contributed by atoms with E-state index >= 15 is 0 Å². The van der Waals surface area contributed by atoms with E-state index in [0.29, 0.717) is 6.04 Å². The fraction of sp³-hybridized carbons (Fsp3) is 0.562. The van der Waals surface area contributed by atoms with Crippen molar-refractivity contribution in [2.24, 2.45) is 34.6 Å². The summed E-state index contributed by atoms with van der Waals surface area (Å²) >= 11 is 0. The van der Waals surface area contributed by atoms with E-state index in [1.54, 1.807) is 0 Å². The average molecular weight is 271 g/mol. The first-order valence-corrected chi connectivity index (χ1v) is 7.59. The third-order valence-corrected chi connectivity index (χ3v) is 5.66. The van der Waals surface area contributed by atoms with Crippen LogP contribution >= 0.6 is 0 Å². The largest absolute Gasteiger partial charge is 0.409 e. The normalized spacial score (nSPS) is 38.0. The lowest BCUT2D eigenvalue weighted by Gasteiger charge is -2.12. The van der Waals surface area contributed by atoms with Crippen molar-refractivity contribution in [2.75, 3.05) is 0 Å². The van der Waals surface area contributed by atoms with E-state index in [4.69, 9.17) is 10.9 Å². The van der Waals surface area contributed by atoms with E-state index in [0.717, 1.165) is 41.3 Å². The highest BCUT2D eigenvalue weighted by molar-refractivity contribution is 5.98. The summed E-state index contributed by atoms with van der Waals surface area (Å²) < 4.78 is 0. The first-order chi connectivity index (χ1) is 9.79. The lowest BCUT2D eigenvalue weighted by Crippen LogP contribution is -2.24. The monoisotopic (exact) mass is 271 g/mol. The van der Waals surface area contributed by atoms with Crippen LogP contribution in [0.25, 0.3) is 0 Å². The standard InChI is InChI=1S/C16H21N3O/c17-16(19-20)12-4-2-1-3-11(12)8-18-15-13-9-5-6-10(7-9)14(13)15/h1-4,9-10,13-15,18,20H,5-8H2,(H2,17,19). The molecule has 0 aromatic heterocycles. The number of nitrogens with two attached hydrogens (primary N) is 1. The predicted molar refractivity (Wildman–Crippen MR) is 77.4 cm³/mol. The summed E-state index contributed by atoms with van der Waals surface area (Å²) in [4.78, 5) is 0. The van der Waals surface area contributed by atoms with Crippen molar-refractivity contribution >= 4 is 5.84 Å². The summed E-state index contributed by atoms with van der Waals surface area (Å²) in [7, 11) is 0. The molecule has 3 aliphatic rings. The van der Waals surface area contributed by atoms with Crippen LogP contribution in [0.15, 0.2) is 29.4 Å². The Balaban J connectivity index is 1.44. The molecule has 3 aliphatic carbocycles. The quantitative estimate of drug-likeness (QED) is 0.339. The Morgan fingerprint density at radius 3 is 2.65 bits per heavy atom. The van der Waals surface area contributed by atoms with Crippen LogP contribution in [0.5, 0.6) is 0 Å². The van der Waals surface area contributed by atoms with Gasteiger partial charge in [0.15, 0.2) is 5.84 Å². The Kier molecular flexibility index (Phi) is 2.74. The summed E-state index contributed by atoms with van der Waals surface area (Å²) in [6.45, 7) is 0.809. The molecule has 0 heterocycles. The molecule has 0 amide bonds. The van der Waals surface area contributed by atoms with Crippen LogP contribution in [0.2, 0.25) is 0 Å². The number of rotatable bonds is 4. The van der Waals surface area contributed by atoms with Gasteiger partial charge in [-0.05, 0) is 48.5 Å². The van der Waals surface area contributed by atoms with Crippen LogP contribution in [0.3, 0.4) is 0 Å². The second kappa shape index (κ2) is 4.48. The SMILES string of the molecule is N/C(=N/O)c1ccccc1CNC1C2C3CCC(C3)C12. The van der Waals surface area contributed by atoms with Crippen molar-refractivity contribution in [3.63, 3.8) is 0 Å². The van der Waals surface area contributed by atoms with E-state index < -0.39 is 0 Å². The summed E-state index contributed by atoms with van der Waals surface area (Å²) in [5.41, 5.74) is 7.68. The van der Waals surface area contributed by atoms with Crippen LogP contribution in [0.4, 0.5) is 0 Å². The summed E-state index contributed by atoms with van der Waals surface area (Å²) in [5.74, 6) is 4.04. The zero-order valence-electron chi connectivity index (χ0n) is 11.5. The van der Waals surface area contributed by atoms with Crippen molar-refractivity contribution in [3.05, 3.63) is 35.4 Å². The van der Waals surface area contributed by atoms with Gasteiger partial charge in [-0.25, -0.2) is 0 Å². The molecule has 1 aromatic carbocycles. The Morgan fingerprint density at radius 2 is 1.95 bits per heavy atom.